The minimum absolute atomic E-state index is 0.0210. The van der Waals surface area contributed by atoms with Gasteiger partial charge < -0.3 is 19.6 Å². The third-order valence-electron chi connectivity index (χ3n) is 3.09. The summed E-state index contributed by atoms with van der Waals surface area (Å²) in [5.74, 6) is -1.18. The second kappa shape index (κ2) is 6.58. The Morgan fingerprint density at radius 2 is 2.17 bits per heavy atom. The van der Waals surface area contributed by atoms with Crippen LogP contribution in [0.2, 0.25) is 0 Å². The first kappa shape index (κ1) is 17.3. The van der Waals surface area contributed by atoms with Gasteiger partial charge in [-0.25, -0.2) is 14.6 Å². The zero-order chi connectivity index (χ0) is 17.9. The second-order valence-corrected chi connectivity index (χ2v) is 6.22. The van der Waals surface area contributed by atoms with Gasteiger partial charge in [-0.15, -0.1) is 0 Å². The summed E-state index contributed by atoms with van der Waals surface area (Å²) in [4.78, 5) is 27.4. The number of rotatable bonds is 4. The summed E-state index contributed by atoms with van der Waals surface area (Å²) in [5, 5.41) is 20.6. The lowest BCUT2D eigenvalue weighted by Gasteiger charge is -2.22. The Kier molecular flexibility index (Phi) is 4.74. The van der Waals surface area contributed by atoms with Gasteiger partial charge in [0.05, 0.1) is 0 Å². The monoisotopic (exact) mass is 330 g/mol. The molecule has 126 valence electrons. The summed E-state index contributed by atoms with van der Waals surface area (Å²) in [6.07, 6.45) is 0.745. The van der Waals surface area contributed by atoms with Crippen LogP contribution in [0.3, 0.4) is 0 Å². The molecule has 0 radical (unpaired) electrons. The molecule has 0 aliphatic heterocycles. The number of pyridine rings is 1. The average Bonchev–Trinajstić information content (AvgIpc) is 2.88. The molecular formula is C16H18N4O4. The molecule has 0 bridgehead atoms. The van der Waals surface area contributed by atoms with E-state index < -0.39 is 23.7 Å². The Balaban J connectivity index is 2.22. The molecule has 1 atom stereocenters. The Hall–Kier alpha value is -3.08. The highest BCUT2D eigenvalue weighted by Gasteiger charge is 2.25. The van der Waals surface area contributed by atoms with Crippen molar-refractivity contribution in [2.75, 3.05) is 0 Å². The Morgan fingerprint density at radius 1 is 1.46 bits per heavy atom. The zero-order valence-electron chi connectivity index (χ0n) is 13.6. The number of nitrogens with one attached hydrogen (secondary N) is 1. The van der Waals surface area contributed by atoms with Crippen LogP contribution < -0.4 is 5.32 Å². The second-order valence-electron chi connectivity index (χ2n) is 6.22. The molecule has 0 aliphatic rings. The van der Waals surface area contributed by atoms with Crippen LogP contribution in [0.5, 0.6) is 0 Å². The van der Waals surface area contributed by atoms with Gasteiger partial charge in [0.2, 0.25) is 0 Å². The molecule has 0 aromatic carbocycles. The summed E-state index contributed by atoms with van der Waals surface area (Å²) < 4.78 is 6.72. The minimum Gasteiger partial charge on any atom is -0.480 e. The fraction of sp³-hybridized carbons (Fsp3) is 0.375. The number of alkyl carbamates (subject to hydrolysis) is 1. The fourth-order valence-electron chi connectivity index (χ4n) is 2.15. The van der Waals surface area contributed by atoms with Crippen LogP contribution in [0.25, 0.3) is 5.65 Å². The molecule has 2 heterocycles. The zero-order valence-corrected chi connectivity index (χ0v) is 13.6. The van der Waals surface area contributed by atoms with Gasteiger partial charge in [0.15, 0.2) is 5.69 Å². The molecule has 0 saturated carbocycles. The van der Waals surface area contributed by atoms with Crippen LogP contribution in [-0.2, 0) is 16.0 Å². The smallest absolute Gasteiger partial charge is 0.408 e. The number of imidazole rings is 1. The quantitative estimate of drug-likeness (QED) is 0.881. The van der Waals surface area contributed by atoms with E-state index in [2.05, 4.69) is 10.3 Å². The molecule has 2 rings (SSSR count). The number of carboxylic acid groups (broad SMARTS) is 1. The number of nitriles is 1. The van der Waals surface area contributed by atoms with Gasteiger partial charge in [0, 0.05) is 18.3 Å². The summed E-state index contributed by atoms with van der Waals surface area (Å²) in [5.41, 5.74) is 0.643. The predicted octanol–water partition coefficient (Wildman–Crippen LogP) is 1.73. The first-order valence-corrected chi connectivity index (χ1v) is 7.29. The lowest BCUT2D eigenvalue weighted by atomic mass is 10.1. The predicted molar refractivity (Wildman–Crippen MR) is 84.4 cm³/mol. The number of carbonyl (C=O) groups excluding carboxylic acids is 1. The van der Waals surface area contributed by atoms with Crippen molar-refractivity contribution in [2.24, 2.45) is 0 Å². The van der Waals surface area contributed by atoms with E-state index in [9.17, 15) is 14.7 Å². The number of carboxylic acids is 1. The fourth-order valence-corrected chi connectivity index (χ4v) is 2.15. The number of carbonyl (C=O) groups is 2. The lowest BCUT2D eigenvalue weighted by molar-refractivity contribution is -0.139. The van der Waals surface area contributed by atoms with E-state index in [0.717, 1.165) is 0 Å². The van der Waals surface area contributed by atoms with E-state index in [1.54, 1.807) is 43.4 Å². The lowest BCUT2D eigenvalue weighted by Crippen LogP contribution is -2.44. The van der Waals surface area contributed by atoms with E-state index in [1.807, 2.05) is 6.07 Å². The number of ether oxygens (including phenoxy) is 1. The van der Waals surface area contributed by atoms with Crippen molar-refractivity contribution in [1.82, 2.24) is 14.7 Å². The van der Waals surface area contributed by atoms with Gasteiger partial charge in [-0.2, -0.15) is 5.26 Å². The molecule has 0 fully saturated rings. The van der Waals surface area contributed by atoms with Crippen LogP contribution in [-0.4, -0.2) is 38.2 Å². The Labute approximate surface area is 138 Å². The van der Waals surface area contributed by atoms with Crippen molar-refractivity contribution in [3.63, 3.8) is 0 Å². The van der Waals surface area contributed by atoms with Gasteiger partial charge in [-0.05, 0) is 32.9 Å². The molecule has 0 aliphatic carbocycles. The summed E-state index contributed by atoms with van der Waals surface area (Å²) in [6.45, 7) is 5.08. The van der Waals surface area contributed by atoms with Gasteiger partial charge in [0.25, 0.3) is 0 Å². The van der Waals surface area contributed by atoms with E-state index in [0.29, 0.717) is 11.3 Å². The molecule has 2 aromatic heterocycles. The number of hydrogen-bond donors (Lipinski definition) is 2. The van der Waals surface area contributed by atoms with Crippen molar-refractivity contribution in [2.45, 2.75) is 38.8 Å². The third kappa shape index (κ3) is 4.23. The number of hydrogen-bond acceptors (Lipinski definition) is 5. The number of nitrogens with zero attached hydrogens (tertiary/aromatic N) is 3. The van der Waals surface area contributed by atoms with Crippen LogP contribution in [0, 0.1) is 11.3 Å². The van der Waals surface area contributed by atoms with Crippen molar-refractivity contribution < 1.29 is 19.4 Å². The van der Waals surface area contributed by atoms with Gasteiger partial charge >= 0.3 is 12.1 Å². The first-order valence-electron chi connectivity index (χ1n) is 7.29. The molecule has 8 nitrogen and oxygen atoms in total. The van der Waals surface area contributed by atoms with Crippen molar-refractivity contribution in [1.29, 1.82) is 5.26 Å². The van der Waals surface area contributed by atoms with E-state index >= 15 is 0 Å². The molecule has 1 unspecified atom stereocenters. The topological polar surface area (TPSA) is 117 Å². The maximum absolute atomic E-state index is 11.8. The molecule has 8 heteroatoms. The molecule has 24 heavy (non-hydrogen) atoms. The molecular weight excluding hydrogens is 312 g/mol. The number of fused-ring (bicyclic) bond motifs is 1. The Morgan fingerprint density at radius 3 is 2.75 bits per heavy atom. The highest BCUT2D eigenvalue weighted by atomic mass is 16.6. The molecule has 1 amide bonds. The van der Waals surface area contributed by atoms with Crippen molar-refractivity contribution in [3.8, 4) is 6.07 Å². The van der Waals surface area contributed by atoms with Crippen LogP contribution in [0.4, 0.5) is 4.79 Å². The number of aromatic nitrogens is 2. The van der Waals surface area contributed by atoms with Gasteiger partial charge in [-0.1, -0.05) is 6.07 Å². The summed E-state index contributed by atoms with van der Waals surface area (Å²) in [6, 6.07) is 5.91. The maximum atomic E-state index is 11.8. The van der Waals surface area contributed by atoms with E-state index in [1.165, 1.54) is 6.20 Å². The molecule has 2 N–H and O–H groups in total. The Bertz CT molecular complexity index is 814. The van der Waals surface area contributed by atoms with Crippen molar-refractivity contribution in [3.05, 3.63) is 35.8 Å². The summed E-state index contributed by atoms with van der Waals surface area (Å²) in [7, 11) is 0. The highest BCUT2D eigenvalue weighted by Crippen LogP contribution is 2.12. The third-order valence-corrected chi connectivity index (χ3v) is 3.09. The summed E-state index contributed by atoms with van der Waals surface area (Å²) >= 11 is 0. The normalized spacial score (nSPS) is 12.4. The minimum atomic E-state index is -1.18. The van der Waals surface area contributed by atoms with Gasteiger partial charge in [-0.3, -0.25) is 0 Å². The van der Waals surface area contributed by atoms with E-state index in [-0.39, 0.29) is 12.1 Å². The largest absolute Gasteiger partial charge is 0.480 e. The van der Waals surface area contributed by atoms with Gasteiger partial charge in [0.1, 0.15) is 23.4 Å². The first-order chi connectivity index (χ1) is 11.2. The number of amides is 1. The average molecular weight is 330 g/mol. The number of aliphatic carboxylic acids is 1. The maximum Gasteiger partial charge on any atom is 0.408 e. The molecule has 2 aromatic rings. The SMILES string of the molecule is CC(C)(C)OC(=O)NC(Cc1cccc2nc(C#N)cn12)C(=O)O. The van der Waals surface area contributed by atoms with Crippen molar-refractivity contribution >= 4 is 17.7 Å². The standard InChI is InChI=1S/C16H18N4O4/c1-16(2,3)24-15(23)19-12(14(21)22)7-11-5-4-6-13-18-10(8-17)9-20(11)13/h4-6,9,12H,7H2,1-3H3,(H,19,23)(H,21,22). The van der Waals surface area contributed by atoms with Crippen LogP contribution >= 0.6 is 0 Å². The van der Waals surface area contributed by atoms with Crippen LogP contribution in [0.1, 0.15) is 32.2 Å². The van der Waals surface area contributed by atoms with Crippen LogP contribution in [0.15, 0.2) is 24.4 Å². The molecule has 0 saturated heterocycles. The molecule has 0 spiro atoms. The van der Waals surface area contributed by atoms with E-state index in [4.69, 9.17) is 10.00 Å². The highest BCUT2D eigenvalue weighted by molar-refractivity contribution is 5.80.